The zero-order valence-corrected chi connectivity index (χ0v) is 12.1. The van der Waals surface area contributed by atoms with Crippen LogP contribution < -0.4 is 10.3 Å². The number of fused-ring (bicyclic) bond motifs is 2. The molecule has 2 aliphatic rings. The highest BCUT2D eigenvalue weighted by Crippen LogP contribution is 2.20. The molecule has 6 nitrogen and oxygen atoms in total. The molecule has 0 spiro atoms. The van der Waals surface area contributed by atoms with E-state index in [4.69, 9.17) is 0 Å². The van der Waals surface area contributed by atoms with E-state index in [-0.39, 0.29) is 5.69 Å². The minimum absolute atomic E-state index is 0.0246. The lowest BCUT2D eigenvalue weighted by Crippen LogP contribution is -2.40. The molecule has 102 valence electrons. The van der Waals surface area contributed by atoms with Gasteiger partial charge in [-0.15, -0.1) is 0 Å². The van der Waals surface area contributed by atoms with Crippen molar-refractivity contribution < 1.29 is 4.73 Å². The number of hydrogen-bond acceptors (Lipinski definition) is 5. The van der Waals surface area contributed by atoms with E-state index < -0.39 is 5.56 Å². The SMILES string of the molecule is CSc1nc2n(C)c3ccc(C)cc3[n+]([O-])c-2c(=O)n1. The van der Waals surface area contributed by atoms with E-state index in [1.165, 1.54) is 11.8 Å². The predicted octanol–water partition coefficient (Wildman–Crippen LogP) is 1.10. The lowest BCUT2D eigenvalue weighted by Gasteiger charge is -2.14. The molecule has 0 atom stereocenters. The number of benzene rings is 1. The van der Waals surface area contributed by atoms with E-state index in [0.717, 1.165) is 11.1 Å². The summed E-state index contributed by atoms with van der Waals surface area (Å²) in [7, 11) is 1.79. The van der Waals surface area contributed by atoms with Gasteiger partial charge in [0.1, 0.15) is 5.52 Å². The van der Waals surface area contributed by atoms with Gasteiger partial charge in [-0.25, -0.2) is 0 Å². The van der Waals surface area contributed by atoms with Gasteiger partial charge in [-0.3, -0.25) is 4.79 Å². The van der Waals surface area contributed by atoms with Gasteiger partial charge in [-0.05, 0) is 24.8 Å². The monoisotopic (exact) mass is 288 g/mol. The highest BCUT2D eigenvalue weighted by molar-refractivity contribution is 7.98. The summed E-state index contributed by atoms with van der Waals surface area (Å²) in [5.41, 5.74) is 1.55. The zero-order chi connectivity index (χ0) is 14.4. The average molecular weight is 288 g/mol. The van der Waals surface area contributed by atoms with Gasteiger partial charge in [-0.2, -0.15) is 14.7 Å². The first-order valence-corrected chi connectivity index (χ1v) is 7.20. The van der Waals surface area contributed by atoms with Crippen LogP contribution in [0.15, 0.2) is 28.2 Å². The minimum atomic E-state index is -0.548. The number of nitrogens with zero attached hydrogens (tertiary/aromatic N) is 4. The Labute approximate surface area is 119 Å². The van der Waals surface area contributed by atoms with Crippen LogP contribution >= 0.6 is 11.8 Å². The summed E-state index contributed by atoms with van der Waals surface area (Å²) in [5, 5.41) is 12.8. The van der Waals surface area contributed by atoms with Gasteiger partial charge in [0.2, 0.25) is 11.3 Å². The summed E-state index contributed by atoms with van der Waals surface area (Å²) >= 11 is 1.27. The molecule has 7 heteroatoms. The van der Waals surface area contributed by atoms with Crippen molar-refractivity contribution in [3.8, 4) is 11.5 Å². The molecular weight excluding hydrogens is 276 g/mol. The average Bonchev–Trinajstić information content (AvgIpc) is 2.43. The van der Waals surface area contributed by atoms with E-state index >= 15 is 0 Å². The second-order valence-electron chi connectivity index (χ2n) is 4.53. The normalized spacial score (nSPS) is 11.3. The highest BCUT2D eigenvalue weighted by atomic mass is 32.2. The van der Waals surface area contributed by atoms with Crippen molar-refractivity contribution in [2.75, 3.05) is 6.26 Å². The first-order valence-electron chi connectivity index (χ1n) is 5.97. The molecule has 20 heavy (non-hydrogen) atoms. The van der Waals surface area contributed by atoms with Crippen molar-refractivity contribution in [1.29, 1.82) is 0 Å². The fraction of sp³-hybridized carbons (Fsp3) is 0.231. The molecule has 0 radical (unpaired) electrons. The second kappa shape index (κ2) is 4.45. The third-order valence-electron chi connectivity index (χ3n) is 3.23. The molecule has 0 aliphatic carbocycles. The van der Waals surface area contributed by atoms with Crippen molar-refractivity contribution in [3.05, 3.63) is 39.3 Å². The van der Waals surface area contributed by atoms with Crippen molar-refractivity contribution >= 4 is 22.8 Å². The van der Waals surface area contributed by atoms with E-state index in [1.54, 1.807) is 23.9 Å². The summed E-state index contributed by atoms with van der Waals surface area (Å²) in [6.07, 6.45) is 1.79. The van der Waals surface area contributed by atoms with E-state index in [2.05, 4.69) is 9.97 Å². The summed E-state index contributed by atoms with van der Waals surface area (Å²) in [4.78, 5) is 20.2. The maximum Gasteiger partial charge on any atom is 0.349 e. The fourth-order valence-electron chi connectivity index (χ4n) is 2.22. The van der Waals surface area contributed by atoms with Crippen molar-refractivity contribution in [3.63, 3.8) is 0 Å². The van der Waals surface area contributed by atoms with Gasteiger partial charge in [0.25, 0.3) is 0 Å². The number of aryl methyl sites for hydroxylation is 2. The third kappa shape index (κ3) is 1.74. The minimum Gasteiger partial charge on any atom is -0.618 e. The largest absolute Gasteiger partial charge is 0.618 e. The summed E-state index contributed by atoms with van der Waals surface area (Å²) in [5.74, 6) is 0.348. The Kier molecular flexibility index (Phi) is 2.86. The lowest BCUT2D eigenvalue weighted by molar-refractivity contribution is -0.566. The van der Waals surface area contributed by atoms with Crippen molar-refractivity contribution in [1.82, 2.24) is 14.5 Å². The van der Waals surface area contributed by atoms with E-state index in [0.29, 0.717) is 21.2 Å². The quantitative estimate of drug-likeness (QED) is 0.220. The smallest absolute Gasteiger partial charge is 0.349 e. The van der Waals surface area contributed by atoms with Crippen LogP contribution in [0, 0.1) is 12.1 Å². The highest BCUT2D eigenvalue weighted by Gasteiger charge is 2.26. The molecule has 0 bridgehead atoms. The Morgan fingerprint density at radius 3 is 2.80 bits per heavy atom. The Morgan fingerprint density at radius 1 is 1.35 bits per heavy atom. The zero-order valence-electron chi connectivity index (χ0n) is 11.2. The second-order valence-corrected chi connectivity index (χ2v) is 5.31. The van der Waals surface area contributed by atoms with Gasteiger partial charge in [0, 0.05) is 13.1 Å². The first kappa shape index (κ1) is 12.9. The maximum atomic E-state index is 12.4. The molecule has 0 fully saturated rings. The van der Waals surface area contributed by atoms with Crippen LogP contribution in [0.5, 0.6) is 0 Å². The number of aromatic nitrogens is 4. The number of hydrogen-bond donors (Lipinski definition) is 0. The standard InChI is InChI=1S/C13H12N4O2S/c1-7-4-5-8-9(6-7)17(19)10-11(16(8)2)14-13(20-3)15-12(10)18/h4-6H,1-3H3. The summed E-state index contributed by atoms with van der Waals surface area (Å²) in [6.45, 7) is 1.90. The van der Waals surface area contributed by atoms with Crippen LogP contribution in [0.4, 0.5) is 0 Å². The van der Waals surface area contributed by atoms with Crippen LogP contribution in [0.25, 0.3) is 22.6 Å². The molecule has 2 heterocycles. The molecule has 0 amide bonds. The van der Waals surface area contributed by atoms with E-state index in [9.17, 15) is 10.0 Å². The van der Waals surface area contributed by atoms with Gasteiger partial charge < -0.3 is 9.77 Å². The topological polar surface area (TPSA) is 74.7 Å². The molecule has 3 rings (SSSR count). The predicted molar refractivity (Wildman–Crippen MR) is 76.9 cm³/mol. The summed E-state index contributed by atoms with van der Waals surface area (Å²) in [6, 6.07) is 5.52. The first-order chi connectivity index (χ1) is 9.52. The molecule has 2 aliphatic heterocycles. The van der Waals surface area contributed by atoms with Crippen LogP contribution in [0.2, 0.25) is 0 Å². The molecule has 0 N–H and O–H groups in total. The van der Waals surface area contributed by atoms with Gasteiger partial charge in [-0.1, -0.05) is 17.8 Å². The molecular formula is C13H12N4O2S. The molecule has 0 unspecified atom stereocenters. The van der Waals surface area contributed by atoms with Crippen LogP contribution in [0.1, 0.15) is 5.56 Å². The number of rotatable bonds is 1. The lowest BCUT2D eigenvalue weighted by atomic mass is 10.2. The van der Waals surface area contributed by atoms with Gasteiger partial charge in [0.05, 0.1) is 0 Å². The molecule has 0 saturated carbocycles. The summed E-state index contributed by atoms with van der Waals surface area (Å²) < 4.78 is 2.38. The van der Waals surface area contributed by atoms with Crippen molar-refractivity contribution in [2.45, 2.75) is 12.1 Å². The van der Waals surface area contributed by atoms with Gasteiger partial charge >= 0.3 is 11.3 Å². The van der Waals surface area contributed by atoms with Crippen molar-refractivity contribution in [2.24, 2.45) is 7.05 Å². The van der Waals surface area contributed by atoms with Gasteiger partial charge in [0.15, 0.2) is 5.16 Å². The molecule has 0 saturated heterocycles. The Hall–Kier alpha value is -2.15. The number of thioether (sulfide) groups is 1. The Balaban J connectivity index is 2.58. The fourth-order valence-corrected chi connectivity index (χ4v) is 2.57. The van der Waals surface area contributed by atoms with Crippen LogP contribution in [-0.2, 0) is 7.05 Å². The molecule has 1 aromatic rings. The maximum absolute atomic E-state index is 12.4. The molecule has 0 aromatic heterocycles. The van der Waals surface area contributed by atoms with Crippen LogP contribution in [0.3, 0.4) is 0 Å². The third-order valence-corrected chi connectivity index (χ3v) is 3.78. The molecule has 1 aromatic carbocycles. The Bertz CT molecular complexity index is 859. The van der Waals surface area contributed by atoms with E-state index in [1.807, 2.05) is 19.1 Å². The van der Waals surface area contributed by atoms with Crippen LogP contribution in [-0.4, -0.2) is 20.8 Å². The Morgan fingerprint density at radius 2 is 2.10 bits per heavy atom.